The van der Waals surface area contributed by atoms with Crippen molar-refractivity contribution in [2.24, 2.45) is 10.8 Å². The molecule has 2 amide bonds. The number of amides is 2. The average Bonchev–Trinajstić information content (AvgIpc) is 3.44. The minimum absolute atomic E-state index is 0.0844. The topological polar surface area (TPSA) is 89.3 Å². The standard InChI is InChI=1S/C27H26N4O3/c1-26-13-30(23(32)19-11-28-21-9-5-3-7-17(19)21)15-27(2,25(26)34)16-31(14-26)24(33)20-12-29-22-10-6-4-8-18(20)22/h3-12,28-29H,13-16H2,1-2H3. The highest BCUT2D eigenvalue weighted by Crippen LogP contribution is 2.43. The summed E-state index contributed by atoms with van der Waals surface area (Å²) in [6, 6.07) is 15.4. The highest BCUT2D eigenvalue weighted by Gasteiger charge is 2.57. The lowest BCUT2D eigenvalue weighted by atomic mass is 9.64. The van der Waals surface area contributed by atoms with Gasteiger partial charge in [0.15, 0.2) is 5.78 Å². The van der Waals surface area contributed by atoms with Gasteiger partial charge in [0.05, 0.1) is 22.0 Å². The number of para-hydroxylation sites is 2. The summed E-state index contributed by atoms with van der Waals surface area (Å²) in [4.78, 5) is 50.5. The van der Waals surface area contributed by atoms with Crippen LogP contribution in [0.15, 0.2) is 60.9 Å². The zero-order valence-corrected chi connectivity index (χ0v) is 19.2. The van der Waals surface area contributed by atoms with E-state index in [1.807, 2.05) is 62.4 Å². The first-order chi connectivity index (χ1) is 16.3. The summed E-state index contributed by atoms with van der Waals surface area (Å²) in [5.41, 5.74) is 1.40. The minimum atomic E-state index is -0.825. The van der Waals surface area contributed by atoms with Gasteiger partial charge in [-0.25, -0.2) is 0 Å². The molecular weight excluding hydrogens is 428 g/mol. The predicted octanol–water partition coefficient (Wildman–Crippen LogP) is 3.84. The second-order valence-corrected chi connectivity index (χ2v) is 10.3. The van der Waals surface area contributed by atoms with Crippen LogP contribution in [0.3, 0.4) is 0 Å². The van der Waals surface area contributed by atoms with Crippen molar-refractivity contribution in [2.45, 2.75) is 13.8 Å². The summed E-state index contributed by atoms with van der Waals surface area (Å²) in [6.45, 7) is 4.93. The monoisotopic (exact) mass is 454 g/mol. The number of Topliss-reactive ketones (excluding diaryl/α,β-unsaturated/α-hetero) is 1. The summed E-state index contributed by atoms with van der Waals surface area (Å²) in [5.74, 6) is -0.0384. The van der Waals surface area contributed by atoms with Crippen LogP contribution in [0.1, 0.15) is 34.6 Å². The molecule has 0 radical (unpaired) electrons. The zero-order chi connectivity index (χ0) is 23.7. The van der Waals surface area contributed by atoms with Crippen LogP contribution in [0, 0.1) is 10.8 Å². The van der Waals surface area contributed by atoms with E-state index in [4.69, 9.17) is 0 Å². The van der Waals surface area contributed by atoms with E-state index in [0.29, 0.717) is 11.1 Å². The number of hydrogen-bond acceptors (Lipinski definition) is 3. The van der Waals surface area contributed by atoms with Gasteiger partial charge in [-0.3, -0.25) is 14.4 Å². The molecule has 0 aliphatic carbocycles. The number of nitrogens with one attached hydrogen (secondary N) is 2. The van der Waals surface area contributed by atoms with Gasteiger partial charge in [-0.1, -0.05) is 36.4 Å². The van der Waals surface area contributed by atoms with Crippen LogP contribution in [0.25, 0.3) is 21.8 Å². The maximum atomic E-state index is 13.6. The van der Waals surface area contributed by atoms with Crippen molar-refractivity contribution in [1.29, 1.82) is 0 Å². The Morgan fingerprint density at radius 3 is 1.50 bits per heavy atom. The van der Waals surface area contributed by atoms with Crippen LogP contribution in [0.4, 0.5) is 0 Å². The number of ketones is 1. The van der Waals surface area contributed by atoms with Crippen molar-refractivity contribution >= 4 is 39.4 Å². The highest BCUT2D eigenvalue weighted by molar-refractivity contribution is 6.09. The van der Waals surface area contributed by atoms with Crippen molar-refractivity contribution in [2.75, 3.05) is 26.2 Å². The lowest BCUT2D eigenvalue weighted by Crippen LogP contribution is -2.69. The van der Waals surface area contributed by atoms with Crippen molar-refractivity contribution in [3.05, 3.63) is 72.1 Å². The van der Waals surface area contributed by atoms with Crippen LogP contribution in [0.5, 0.6) is 0 Å². The van der Waals surface area contributed by atoms with Crippen LogP contribution in [-0.2, 0) is 4.79 Å². The number of rotatable bonds is 2. The number of likely N-dealkylation sites (tertiary alicyclic amines) is 2. The van der Waals surface area contributed by atoms with E-state index in [2.05, 4.69) is 9.97 Å². The quantitative estimate of drug-likeness (QED) is 0.482. The van der Waals surface area contributed by atoms with Crippen LogP contribution < -0.4 is 0 Å². The van der Waals surface area contributed by atoms with Gasteiger partial charge in [-0.2, -0.15) is 0 Å². The summed E-state index contributed by atoms with van der Waals surface area (Å²) in [7, 11) is 0. The molecule has 0 atom stereocenters. The maximum absolute atomic E-state index is 13.6. The smallest absolute Gasteiger partial charge is 0.256 e. The molecule has 2 aliphatic heterocycles. The number of carbonyl (C=O) groups excluding carboxylic acids is 3. The molecule has 2 aliphatic rings. The zero-order valence-electron chi connectivity index (χ0n) is 19.2. The Bertz CT molecular complexity index is 1360. The third-order valence-corrected chi connectivity index (χ3v) is 7.47. The van der Waals surface area contributed by atoms with Crippen LogP contribution in [0.2, 0.25) is 0 Å². The van der Waals surface area contributed by atoms with Gasteiger partial charge in [0.25, 0.3) is 11.8 Å². The molecule has 4 heterocycles. The largest absolute Gasteiger partial charge is 0.360 e. The Morgan fingerprint density at radius 1 is 0.706 bits per heavy atom. The average molecular weight is 455 g/mol. The molecule has 172 valence electrons. The normalized spacial score (nSPS) is 24.7. The molecule has 0 spiro atoms. The molecule has 7 nitrogen and oxygen atoms in total. The SMILES string of the molecule is CC12CN(C(=O)c3c[nH]c4ccccc34)CC(C)(CN(C(=O)c3c[nH]c4ccccc34)C1)C2=O. The number of H-pyrrole nitrogens is 2. The van der Waals surface area contributed by atoms with Crippen molar-refractivity contribution in [3.63, 3.8) is 0 Å². The molecule has 2 saturated heterocycles. The maximum Gasteiger partial charge on any atom is 0.256 e. The fourth-order valence-electron chi connectivity index (χ4n) is 6.04. The highest BCUT2D eigenvalue weighted by atomic mass is 16.2. The van der Waals surface area contributed by atoms with Gasteiger partial charge in [0, 0.05) is 60.4 Å². The molecule has 6 rings (SSSR count). The van der Waals surface area contributed by atoms with Crippen molar-refractivity contribution < 1.29 is 14.4 Å². The van der Waals surface area contributed by atoms with Crippen LogP contribution >= 0.6 is 0 Å². The Kier molecular flexibility index (Phi) is 4.30. The molecule has 2 bridgehead atoms. The molecule has 34 heavy (non-hydrogen) atoms. The summed E-state index contributed by atoms with van der Waals surface area (Å²) in [5, 5.41) is 1.75. The van der Waals surface area contributed by atoms with Crippen molar-refractivity contribution in [1.82, 2.24) is 19.8 Å². The number of carbonyl (C=O) groups is 3. The van der Waals surface area contributed by atoms with Gasteiger partial charge >= 0.3 is 0 Å². The molecule has 2 aromatic carbocycles. The molecule has 7 heteroatoms. The second-order valence-electron chi connectivity index (χ2n) is 10.3. The number of benzene rings is 2. The number of aromatic nitrogens is 2. The molecule has 2 fully saturated rings. The van der Waals surface area contributed by atoms with Crippen LogP contribution in [-0.4, -0.2) is 63.5 Å². The van der Waals surface area contributed by atoms with E-state index in [0.717, 1.165) is 21.8 Å². The first-order valence-corrected chi connectivity index (χ1v) is 11.5. The van der Waals surface area contributed by atoms with Gasteiger partial charge in [0.1, 0.15) is 0 Å². The van der Waals surface area contributed by atoms with Gasteiger partial charge in [0.2, 0.25) is 0 Å². The van der Waals surface area contributed by atoms with Crippen molar-refractivity contribution in [3.8, 4) is 0 Å². The number of hydrogen-bond donors (Lipinski definition) is 2. The predicted molar refractivity (Wildman–Crippen MR) is 130 cm³/mol. The van der Waals surface area contributed by atoms with E-state index in [9.17, 15) is 14.4 Å². The molecule has 2 N–H and O–H groups in total. The Balaban J connectivity index is 1.31. The fourth-order valence-corrected chi connectivity index (χ4v) is 6.04. The summed E-state index contributed by atoms with van der Waals surface area (Å²) >= 11 is 0. The third kappa shape index (κ3) is 2.93. The lowest BCUT2D eigenvalue weighted by molar-refractivity contribution is -0.153. The number of piperidine rings is 2. The minimum Gasteiger partial charge on any atom is -0.360 e. The first kappa shape index (κ1) is 20.7. The third-order valence-electron chi connectivity index (χ3n) is 7.47. The number of fused-ring (bicyclic) bond motifs is 4. The van der Waals surface area contributed by atoms with E-state index in [1.165, 1.54) is 0 Å². The molecule has 0 unspecified atom stereocenters. The number of aromatic amines is 2. The van der Waals surface area contributed by atoms with E-state index in [1.54, 1.807) is 22.2 Å². The summed E-state index contributed by atoms with van der Waals surface area (Å²) in [6.07, 6.45) is 3.49. The number of nitrogens with zero attached hydrogens (tertiary/aromatic N) is 2. The first-order valence-electron chi connectivity index (χ1n) is 11.5. The van der Waals surface area contributed by atoms with Gasteiger partial charge in [-0.15, -0.1) is 0 Å². The fraction of sp³-hybridized carbons (Fsp3) is 0.296. The lowest BCUT2D eigenvalue weighted by Gasteiger charge is -2.55. The molecule has 4 aromatic rings. The summed E-state index contributed by atoms with van der Waals surface area (Å²) < 4.78 is 0. The second kappa shape index (κ2) is 7.06. The van der Waals surface area contributed by atoms with E-state index >= 15 is 0 Å². The Labute approximate surface area is 196 Å². The molecular formula is C27H26N4O3. The Morgan fingerprint density at radius 2 is 1.09 bits per heavy atom. The molecule has 0 saturated carbocycles. The molecule has 2 aromatic heterocycles. The van der Waals surface area contributed by atoms with Gasteiger partial charge in [-0.05, 0) is 26.0 Å². The van der Waals surface area contributed by atoms with E-state index in [-0.39, 0.29) is 43.8 Å². The van der Waals surface area contributed by atoms with Gasteiger partial charge < -0.3 is 19.8 Å². The van der Waals surface area contributed by atoms with E-state index < -0.39 is 10.8 Å². The Hall–Kier alpha value is -3.87.